The molecule has 0 aromatic heterocycles. The van der Waals surface area contributed by atoms with Crippen LogP contribution in [0.4, 0.5) is 5.69 Å². The molecule has 1 aliphatic rings. The number of hydrogen-bond acceptors (Lipinski definition) is 4. The predicted octanol–water partition coefficient (Wildman–Crippen LogP) is 3.13. The van der Waals surface area contributed by atoms with Crippen LogP contribution in [0.15, 0.2) is 28.6 Å². The van der Waals surface area contributed by atoms with Gasteiger partial charge in [0.25, 0.3) is 0 Å². The predicted molar refractivity (Wildman–Crippen MR) is 93.5 cm³/mol. The highest BCUT2D eigenvalue weighted by molar-refractivity contribution is 7.93. The van der Waals surface area contributed by atoms with E-state index in [1.165, 1.54) is 0 Å². The molecule has 0 amide bonds. The van der Waals surface area contributed by atoms with Gasteiger partial charge in [0.15, 0.2) is 0 Å². The van der Waals surface area contributed by atoms with Gasteiger partial charge in [0.05, 0.1) is 26.6 Å². The molecule has 0 N–H and O–H groups in total. The fourth-order valence-corrected chi connectivity index (χ4v) is 3.40. The molecule has 0 aliphatic carbocycles. The number of hydrogen-bond donors (Lipinski definition) is 0. The largest absolute Gasteiger partial charge is 0.494 e. The third-order valence-corrected chi connectivity index (χ3v) is 6.92. The summed E-state index contributed by atoms with van der Waals surface area (Å²) >= 11 is 0. The van der Waals surface area contributed by atoms with Crippen molar-refractivity contribution >= 4 is 28.0 Å². The van der Waals surface area contributed by atoms with Crippen molar-refractivity contribution < 1.29 is 13.5 Å². The van der Waals surface area contributed by atoms with E-state index < -0.39 is 16.8 Å². The van der Waals surface area contributed by atoms with E-state index in [0.717, 1.165) is 11.2 Å². The van der Waals surface area contributed by atoms with Crippen molar-refractivity contribution in [3.8, 4) is 0 Å². The molecule has 0 radical (unpaired) electrons. The number of rotatable bonds is 4. The fourth-order valence-electron chi connectivity index (χ4n) is 2.23. The monoisotopic (exact) mass is 323 g/mol. The summed E-state index contributed by atoms with van der Waals surface area (Å²) in [5.74, 6) is 1.12. The van der Waals surface area contributed by atoms with E-state index in [9.17, 15) is 4.21 Å². The van der Waals surface area contributed by atoms with E-state index in [-0.39, 0.29) is 11.2 Å². The lowest BCUT2D eigenvalue weighted by Gasteiger charge is -2.32. The summed E-state index contributed by atoms with van der Waals surface area (Å²) in [6.07, 6.45) is 0. The van der Waals surface area contributed by atoms with Crippen molar-refractivity contribution in [2.45, 2.75) is 52.7 Å². The van der Waals surface area contributed by atoms with Crippen molar-refractivity contribution in [1.82, 2.24) is 0 Å². The Kier molecular flexibility index (Phi) is 4.76. The van der Waals surface area contributed by atoms with Crippen LogP contribution in [-0.2, 0) is 19.0 Å². The summed E-state index contributed by atoms with van der Waals surface area (Å²) in [4.78, 5) is 0. The van der Waals surface area contributed by atoms with Gasteiger partial charge >= 0.3 is 7.12 Å². The minimum absolute atomic E-state index is 0.370. The molecule has 0 spiro atoms. The summed E-state index contributed by atoms with van der Waals surface area (Å²) in [5, 5.41) is 0. The normalized spacial score (nSPS) is 20.2. The van der Waals surface area contributed by atoms with Crippen LogP contribution in [0.1, 0.15) is 41.5 Å². The zero-order valence-electron chi connectivity index (χ0n) is 14.4. The van der Waals surface area contributed by atoms with Crippen molar-refractivity contribution in [3.63, 3.8) is 0 Å². The second-order valence-corrected chi connectivity index (χ2v) is 9.51. The van der Waals surface area contributed by atoms with Gasteiger partial charge in [-0.25, -0.2) is 4.21 Å². The average Bonchev–Trinajstić information content (AvgIpc) is 2.68. The molecule has 2 rings (SSSR count). The molecule has 1 heterocycles. The fraction of sp³-hybridized carbons (Fsp3) is 0.625. The SMILES string of the molecule is CCS(=O)(CC)=Nc1cccc(B2OC(C)(C)C(C)(C)O2)c1. The Labute approximate surface area is 134 Å². The second-order valence-electron chi connectivity index (χ2n) is 6.62. The topological polar surface area (TPSA) is 47.9 Å². The first kappa shape index (κ1) is 17.5. The van der Waals surface area contributed by atoms with Crippen LogP contribution < -0.4 is 5.46 Å². The zero-order valence-corrected chi connectivity index (χ0v) is 15.2. The lowest BCUT2D eigenvalue weighted by atomic mass is 9.79. The molecule has 0 saturated carbocycles. The van der Waals surface area contributed by atoms with Crippen molar-refractivity contribution in [3.05, 3.63) is 24.3 Å². The maximum Gasteiger partial charge on any atom is 0.494 e. The van der Waals surface area contributed by atoms with E-state index in [0.29, 0.717) is 11.5 Å². The van der Waals surface area contributed by atoms with Gasteiger partial charge in [-0.15, -0.1) is 0 Å². The first-order chi connectivity index (χ1) is 10.1. The summed E-state index contributed by atoms with van der Waals surface area (Å²) in [7, 11) is -2.58. The summed E-state index contributed by atoms with van der Waals surface area (Å²) in [6.45, 7) is 11.9. The maximum absolute atomic E-state index is 12.5. The number of benzene rings is 1. The lowest BCUT2D eigenvalue weighted by molar-refractivity contribution is 0.00578. The molecule has 4 nitrogen and oxygen atoms in total. The molecule has 1 aromatic carbocycles. The van der Waals surface area contributed by atoms with Gasteiger partial charge < -0.3 is 9.31 Å². The Bertz CT molecular complexity index is 637. The highest BCUT2D eigenvalue weighted by Gasteiger charge is 2.51. The third kappa shape index (κ3) is 3.39. The highest BCUT2D eigenvalue weighted by atomic mass is 32.2. The molecule has 1 aromatic rings. The molecule has 1 fully saturated rings. The van der Waals surface area contributed by atoms with E-state index in [1.54, 1.807) is 0 Å². The third-order valence-electron chi connectivity index (χ3n) is 4.57. The van der Waals surface area contributed by atoms with E-state index >= 15 is 0 Å². The molecule has 22 heavy (non-hydrogen) atoms. The molecule has 0 unspecified atom stereocenters. The van der Waals surface area contributed by atoms with Crippen molar-refractivity contribution in [2.75, 3.05) is 11.5 Å². The number of nitrogens with zero attached hydrogens (tertiary/aromatic N) is 1. The Morgan fingerprint density at radius 2 is 1.64 bits per heavy atom. The lowest BCUT2D eigenvalue weighted by Crippen LogP contribution is -2.41. The van der Waals surface area contributed by atoms with Gasteiger partial charge in [-0.05, 0) is 45.3 Å². The Morgan fingerprint density at radius 3 is 2.14 bits per heavy atom. The Morgan fingerprint density at radius 1 is 1.09 bits per heavy atom. The smallest absolute Gasteiger partial charge is 0.399 e. The highest BCUT2D eigenvalue weighted by Crippen LogP contribution is 2.36. The van der Waals surface area contributed by atoms with Gasteiger partial charge in [-0.3, -0.25) is 0 Å². The molecule has 1 aliphatic heterocycles. The Balaban J connectivity index is 2.33. The van der Waals surface area contributed by atoms with Gasteiger partial charge in [0, 0.05) is 11.5 Å². The first-order valence-corrected chi connectivity index (χ1v) is 9.66. The minimum Gasteiger partial charge on any atom is -0.399 e. The maximum atomic E-state index is 12.5. The molecule has 6 heteroatoms. The molecule has 122 valence electrons. The van der Waals surface area contributed by atoms with Crippen LogP contribution in [0, 0.1) is 0 Å². The van der Waals surface area contributed by atoms with Crippen LogP contribution in [0.3, 0.4) is 0 Å². The van der Waals surface area contributed by atoms with Crippen molar-refractivity contribution in [2.24, 2.45) is 4.36 Å². The molecule has 1 saturated heterocycles. The van der Waals surface area contributed by atoms with Gasteiger partial charge in [0.1, 0.15) is 0 Å². The molecular formula is C16H26BNO3S. The van der Waals surface area contributed by atoms with Crippen LogP contribution in [-0.4, -0.2) is 34.0 Å². The van der Waals surface area contributed by atoms with Gasteiger partial charge in [-0.2, -0.15) is 4.36 Å². The molecule has 0 atom stereocenters. The summed E-state index contributed by atoms with van der Waals surface area (Å²) in [6, 6.07) is 7.65. The van der Waals surface area contributed by atoms with E-state index in [1.807, 2.05) is 65.8 Å². The minimum atomic E-state index is -2.16. The van der Waals surface area contributed by atoms with Crippen LogP contribution in [0.2, 0.25) is 0 Å². The van der Waals surface area contributed by atoms with Gasteiger partial charge in [-0.1, -0.05) is 26.0 Å². The van der Waals surface area contributed by atoms with Crippen LogP contribution in [0.5, 0.6) is 0 Å². The van der Waals surface area contributed by atoms with Gasteiger partial charge in [0.2, 0.25) is 0 Å². The average molecular weight is 323 g/mol. The Hall–Kier alpha value is -0.845. The van der Waals surface area contributed by atoms with E-state index in [4.69, 9.17) is 9.31 Å². The van der Waals surface area contributed by atoms with Crippen molar-refractivity contribution in [1.29, 1.82) is 0 Å². The van der Waals surface area contributed by atoms with E-state index in [2.05, 4.69) is 4.36 Å². The summed E-state index contributed by atoms with van der Waals surface area (Å²) in [5.41, 5.74) is 0.894. The quantitative estimate of drug-likeness (QED) is 0.800. The standard InChI is InChI=1S/C16H26BNO3S/c1-7-22(19,8-2)18-14-11-9-10-13(12-14)17-20-15(3,4)16(5,6)21-17/h9-12H,7-8H2,1-6H3. The zero-order chi connectivity index (χ0) is 16.6. The summed E-state index contributed by atoms with van der Waals surface area (Å²) < 4.78 is 29.1. The van der Waals surface area contributed by atoms with Crippen LogP contribution >= 0.6 is 0 Å². The van der Waals surface area contributed by atoms with Crippen LogP contribution in [0.25, 0.3) is 0 Å². The first-order valence-electron chi connectivity index (χ1n) is 7.80. The molecular weight excluding hydrogens is 297 g/mol. The second kappa shape index (κ2) is 5.98. The molecule has 0 bridgehead atoms.